The van der Waals surface area contributed by atoms with E-state index in [-0.39, 0.29) is 5.91 Å². The molecular formula is C28H38N2O5. The number of methoxy groups -OCH3 is 4. The Morgan fingerprint density at radius 1 is 0.857 bits per heavy atom. The lowest BCUT2D eigenvalue weighted by atomic mass is 9.93. The Hall–Kier alpha value is -2.93. The third-order valence-electron chi connectivity index (χ3n) is 7.35. The van der Waals surface area contributed by atoms with Crippen molar-refractivity contribution in [3.05, 3.63) is 47.0 Å². The average Bonchev–Trinajstić information content (AvgIpc) is 2.90. The minimum Gasteiger partial charge on any atom is -0.493 e. The third-order valence-corrected chi connectivity index (χ3v) is 7.35. The highest BCUT2D eigenvalue weighted by molar-refractivity contribution is 5.97. The summed E-state index contributed by atoms with van der Waals surface area (Å²) in [6.07, 6.45) is 5.32. The maximum absolute atomic E-state index is 13.2. The van der Waals surface area contributed by atoms with E-state index in [2.05, 4.69) is 17.0 Å². The minimum absolute atomic E-state index is 0.105. The molecular weight excluding hydrogens is 444 g/mol. The van der Waals surface area contributed by atoms with E-state index in [1.807, 2.05) is 23.1 Å². The second-order valence-corrected chi connectivity index (χ2v) is 9.44. The van der Waals surface area contributed by atoms with Gasteiger partial charge in [0.05, 0.1) is 28.4 Å². The van der Waals surface area contributed by atoms with Gasteiger partial charge in [-0.2, -0.15) is 0 Å². The Balaban J connectivity index is 1.29. The van der Waals surface area contributed by atoms with Gasteiger partial charge in [0.25, 0.3) is 5.91 Å². The van der Waals surface area contributed by atoms with Gasteiger partial charge < -0.3 is 28.7 Å². The van der Waals surface area contributed by atoms with Gasteiger partial charge in [-0.1, -0.05) is 6.07 Å². The lowest BCUT2D eigenvalue weighted by Gasteiger charge is -2.35. The highest BCUT2D eigenvalue weighted by atomic mass is 16.5. The summed E-state index contributed by atoms with van der Waals surface area (Å²) < 4.78 is 21.6. The van der Waals surface area contributed by atoms with Gasteiger partial charge in [0.2, 0.25) is 0 Å². The molecule has 2 aromatic carbocycles. The van der Waals surface area contributed by atoms with E-state index in [0.717, 1.165) is 74.6 Å². The van der Waals surface area contributed by atoms with Crippen LogP contribution in [-0.2, 0) is 12.8 Å². The monoisotopic (exact) mass is 482 g/mol. The lowest BCUT2D eigenvalue weighted by Crippen LogP contribution is -2.41. The first-order chi connectivity index (χ1) is 17.1. The number of fused-ring (bicyclic) bond motifs is 1. The zero-order valence-corrected chi connectivity index (χ0v) is 21.5. The van der Waals surface area contributed by atoms with E-state index in [0.29, 0.717) is 17.4 Å². The minimum atomic E-state index is 0.105. The molecule has 7 heteroatoms. The van der Waals surface area contributed by atoms with Gasteiger partial charge in [0.15, 0.2) is 23.0 Å². The van der Waals surface area contributed by atoms with E-state index in [1.54, 1.807) is 28.4 Å². The molecule has 2 aromatic rings. The third kappa shape index (κ3) is 5.84. The molecule has 35 heavy (non-hydrogen) atoms. The van der Waals surface area contributed by atoms with Crippen LogP contribution in [0.25, 0.3) is 0 Å². The topological polar surface area (TPSA) is 60.5 Å². The molecule has 0 radical (unpaired) electrons. The molecule has 1 unspecified atom stereocenters. The van der Waals surface area contributed by atoms with Crippen LogP contribution in [0.5, 0.6) is 23.0 Å². The van der Waals surface area contributed by atoms with Crippen molar-refractivity contribution in [1.29, 1.82) is 0 Å². The van der Waals surface area contributed by atoms with Gasteiger partial charge >= 0.3 is 0 Å². The Morgan fingerprint density at radius 2 is 1.57 bits per heavy atom. The normalized spacial score (nSPS) is 18.2. The Bertz CT molecular complexity index is 1020. The van der Waals surface area contributed by atoms with Crippen LogP contribution in [-0.4, -0.2) is 76.9 Å². The van der Waals surface area contributed by atoms with Gasteiger partial charge in [0.1, 0.15) is 0 Å². The molecule has 2 heterocycles. The second kappa shape index (κ2) is 11.7. The first-order valence-corrected chi connectivity index (χ1v) is 12.5. The fourth-order valence-electron chi connectivity index (χ4n) is 5.32. The fraction of sp³-hybridized carbons (Fsp3) is 0.536. The van der Waals surface area contributed by atoms with Crippen LogP contribution in [0.4, 0.5) is 0 Å². The summed E-state index contributed by atoms with van der Waals surface area (Å²) in [5, 5.41) is 0. The summed E-state index contributed by atoms with van der Waals surface area (Å²) >= 11 is 0. The molecule has 0 N–H and O–H groups in total. The fourth-order valence-corrected chi connectivity index (χ4v) is 5.32. The van der Waals surface area contributed by atoms with Crippen molar-refractivity contribution in [1.82, 2.24) is 9.80 Å². The van der Waals surface area contributed by atoms with Crippen molar-refractivity contribution in [2.75, 3.05) is 61.2 Å². The standard InChI is InChI=1S/C28H38N2O5/c1-32-24-8-7-20(16-25(24)33-2)9-13-29-12-5-6-21(19-29)10-14-30-15-11-22-17-26(34-3)27(35-4)18-23(22)28(30)31/h7-8,16-18,21H,5-6,9-15,19H2,1-4H3. The van der Waals surface area contributed by atoms with Crippen LogP contribution >= 0.6 is 0 Å². The van der Waals surface area contributed by atoms with Crippen LogP contribution in [0, 0.1) is 5.92 Å². The maximum Gasteiger partial charge on any atom is 0.254 e. The van der Waals surface area contributed by atoms with Crippen molar-refractivity contribution >= 4 is 5.91 Å². The van der Waals surface area contributed by atoms with Crippen LogP contribution in [0.1, 0.15) is 40.7 Å². The molecule has 1 fully saturated rings. The summed E-state index contributed by atoms with van der Waals surface area (Å²) in [5.41, 5.74) is 3.05. The first-order valence-electron chi connectivity index (χ1n) is 12.5. The molecule has 1 atom stereocenters. The molecule has 0 saturated carbocycles. The summed E-state index contributed by atoms with van der Waals surface area (Å²) in [6.45, 7) is 4.83. The SMILES string of the molecule is COc1ccc(CCN2CCCC(CCN3CCc4cc(OC)c(OC)cc4C3=O)C2)cc1OC. The second-order valence-electron chi connectivity index (χ2n) is 9.44. The number of amides is 1. The van der Waals surface area contributed by atoms with Gasteiger partial charge in [-0.15, -0.1) is 0 Å². The Morgan fingerprint density at radius 3 is 2.31 bits per heavy atom. The van der Waals surface area contributed by atoms with Crippen molar-refractivity contribution in [3.8, 4) is 23.0 Å². The smallest absolute Gasteiger partial charge is 0.254 e. The highest BCUT2D eigenvalue weighted by Crippen LogP contribution is 2.33. The number of nitrogens with zero attached hydrogens (tertiary/aromatic N) is 2. The van der Waals surface area contributed by atoms with E-state index in [1.165, 1.54) is 18.4 Å². The van der Waals surface area contributed by atoms with E-state index >= 15 is 0 Å². The predicted molar refractivity (Wildman–Crippen MR) is 136 cm³/mol. The number of rotatable bonds is 10. The molecule has 190 valence electrons. The molecule has 2 aliphatic heterocycles. The zero-order valence-electron chi connectivity index (χ0n) is 21.5. The van der Waals surface area contributed by atoms with Gasteiger partial charge in [0, 0.05) is 31.7 Å². The molecule has 0 spiro atoms. The number of ether oxygens (including phenoxy) is 4. The Labute approximate surface area is 208 Å². The Kier molecular flexibility index (Phi) is 8.39. The molecule has 1 saturated heterocycles. The number of likely N-dealkylation sites (tertiary alicyclic amines) is 1. The molecule has 0 aromatic heterocycles. The van der Waals surface area contributed by atoms with E-state index < -0.39 is 0 Å². The van der Waals surface area contributed by atoms with Gasteiger partial charge in [-0.3, -0.25) is 4.79 Å². The summed E-state index contributed by atoms with van der Waals surface area (Å²) in [4.78, 5) is 17.8. The number of carbonyl (C=O) groups excluding carboxylic acids is 1. The first kappa shape index (κ1) is 25.2. The van der Waals surface area contributed by atoms with Gasteiger partial charge in [-0.05, 0) is 80.0 Å². The highest BCUT2D eigenvalue weighted by Gasteiger charge is 2.28. The summed E-state index contributed by atoms with van der Waals surface area (Å²) in [6, 6.07) is 9.95. The summed E-state index contributed by atoms with van der Waals surface area (Å²) in [7, 11) is 6.57. The molecule has 1 amide bonds. The summed E-state index contributed by atoms with van der Waals surface area (Å²) in [5.74, 6) is 3.57. The van der Waals surface area contributed by atoms with Crippen LogP contribution in [0.15, 0.2) is 30.3 Å². The van der Waals surface area contributed by atoms with Gasteiger partial charge in [-0.25, -0.2) is 0 Å². The molecule has 2 aliphatic rings. The zero-order chi connectivity index (χ0) is 24.8. The van der Waals surface area contributed by atoms with Crippen LogP contribution in [0.2, 0.25) is 0 Å². The lowest BCUT2D eigenvalue weighted by molar-refractivity contribution is 0.0715. The molecule has 4 rings (SSSR count). The van der Waals surface area contributed by atoms with E-state index in [4.69, 9.17) is 18.9 Å². The van der Waals surface area contributed by atoms with E-state index in [9.17, 15) is 4.79 Å². The number of piperidine rings is 1. The average molecular weight is 483 g/mol. The predicted octanol–water partition coefficient (Wildman–Crippen LogP) is 4.06. The molecule has 0 bridgehead atoms. The van der Waals surface area contributed by atoms with Crippen molar-refractivity contribution in [2.24, 2.45) is 5.92 Å². The van der Waals surface area contributed by atoms with Crippen LogP contribution in [0.3, 0.4) is 0 Å². The largest absolute Gasteiger partial charge is 0.493 e. The quantitative estimate of drug-likeness (QED) is 0.509. The number of carbonyl (C=O) groups is 1. The van der Waals surface area contributed by atoms with Crippen molar-refractivity contribution in [2.45, 2.75) is 32.1 Å². The molecule has 7 nitrogen and oxygen atoms in total. The van der Waals surface area contributed by atoms with Crippen LogP contribution < -0.4 is 18.9 Å². The number of benzene rings is 2. The number of hydrogen-bond acceptors (Lipinski definition) is 6. The number of hydrogen-bond donors (Lipinski definition) is 0. The van der Waals surface area contributed by atoms with Crippen molar-refractivity contribution < 1.29 is 23.7 Å². The maximum atomic E-state index is 13.2. The molecule has 0 aliphatic carbocycles. The van der Waals surface area contributed by atoms with Crippen molar-refractivity contribution in [3.63, 3.8) is 0 Å².